The first-order valence-corrected chi connectivity index (χ1v) is 10.6. The fourth-order valence-corrected chi connectivity index (χ4v) is 3.72. The van der Waals surface area contributed by atoms with Gasteiger partial charge in [-0.25, -0.2) is 0 Å². The van der Waals surface area contributed by atoms with Crippen LogP contribution in [-0.4, -0.2) is 49.0 Å². The zero-order chi connectivity index (χ0) is 21.5. The number of piperazine rings is 1. The predicted octanol–water partition coefficient (Wildman–Crippen LogP) is 4.23. The summed E-state index contributed by atoms with van der Waals surface area (Å²) in [6.07, 6.45) is 0. The van der Waals surface area contributed by atoms with E-state index in [0.717, 1.165) is 55.3 Å². The third-order valence-electron chi connectivity index (χ3n) is 5.57. The summed E-state index contributed by atoms with van der Waals surface area (Å²) in [6, 6.07) is 25.7. The molecule has 1 saturated heterocycles. The van der Waals surface area contributed by atoms with Gasteiger partial charge in [0.2, 0.25) is 0 Å². The normalized spacial score (nSPS) is 14.3. The highest BCUT2D eigenvalue weighted by molar-refractivity contribution is 5.94. The second-order valence-electron chi connectivity index (χ2n) is 7.72. The van der Waals surface area contributed by atoms with Gasteiger partial charge in [-0.2, -0.15) is 0 Å². The molecule has 160 valence electrons. The molecule has 0 saturated carbocycles. The molecule has 3 aromatic rings. The number of ether oxygens (including phenoxy) is 2. The van der Waals surface area contributed by atoms with E-state index in [1.807, 2.05) is 59.5 Å². The minimum Gasteiger partial charge on any atom is -0.497 e. The van der Waals surface area contributed by atoms with Crippen LogP contribution in [0.25, 0.3) is 0 Å². The number of nitrogens with zero attached hydrogens (tertiary/aromatic N) is 2. The number of methoxy groups -OCH3 is 1. The molecule has 0 unspecified atom stereocenters. The van der Waals surface area contributed by atoms with Crippen molar-refractivity contribution in [3.05, 3.63) is 95.6 Å². The zero-order valence-corrected chi connectivity index (χ0v) is 17.9. The maximum atomic E-state index is 12.9. The number of benzene rings is 3. The summed E-state index contributed by atoms with van der Waals surface area (Å²) < 4.78 is 11.0. The van der Waals surface area contributed by atoms with Crippen molar-refractivity contribution in [3.8, 4) is 11.5 Å². The molecule has 1 fully saturated rings. The Bertz CT molecular complexity index is 964. The van der Waals surface area contributed by atoms with Crippen LogP contribution in [0, 0.1) is 0 Å². The maximum absolute atomic E-state index is 12.9. The Labute approximate surface area is 183 Å². The molecule has 0 bridgehead atoms. The molecule has 0 spiro atoms. The first-order valence-electron chi connectivity index (χ1n) is 10.6. The van der Waals surface area contributed by atoms with Crippen molar-refractivity contribution < 1.29 is 14.3 Å². The third-order valence-corrected chi connectivity index (χ3v) is 5.57. The molecule has 0 aliphatic carbocycles. The zero-order valence-electron chi connectivity index (χ0n) is 17.9. The van der Waals surface area contributed by atoms with E-state index in [2.05, 4.69) is 29.2 Å². The summed E-state index contributed by atoms with van der Waals surface area (Å²) in [4.78, 5) is 17.2. The van der Waals surface area contributed by atoms with Crippen molar-refractivity contribution in [2.24, 2.45) is 0 Å². The van der Waals surface area contributed by atoms with Gasteiger partial charge in [0.1, 0.15) is 18.1 Å². The molecule has 1 aliphatic heterocycles. The van der Waals surface area contributed by atoms with Crippen LogP contribution in [0.15, 0.2) is 78.9 Å². The van der Waals surface area contributed by atoms with Gasteiger partial charge in [0.15, 0.2) is 0 Å². The second-order valence-corrected chi connectivity index (χ2v) is 7.72. The fraction of sp³-hybridized carbons (Fsp3) is 0.269. The number of amides is 1. The van der Waals surface area contributed by atoms with Crippen LogP contribution in [0.3, 0.4) is 0 Å². The minimum atomic E-state index is 0.0991. The van der Waals surface area contributed by atoms with Gasteiger partial charge in [-0.1, -0.05) is 42.5 Å². The van der Waals surface area contributed by atoms with Gasteiger partial charge in [0.25, 0.3) is 5.91 Å². The van der Waals surface area contributed by atoms with Crippen molar-refractivity contribution >= 4 is 5.91 Å². The van der Waals surface area contributed by atoms with Crippen LogP contribution in [0.1, 0.15) is 21.5 Å². The monoisotopic (exact) mass is 416 g/mol. The SMILES string of the molecule is COc1ccc(OCc2ccc(C(=O)N3CCN(Cc4ccccc4)CC3)cc2)cc1. The van der Waals surface area contributed by atoms with Crippen molar-refractivity contribution in [1.29, 1.82) is 0 Å². The number of carbonyl (C=O) groups excluding carboxylic acids is 1. The van der Waals surface area contributed by atoms with Crippen LogP contribution in [0.5, 0.6) is 11.5 Å². The first-order chi connectivity index (χ1) is 15.2. The van der Waals surface area contributed by atoms with Crippen LogP contribution in [0.2, 0.25) is 0 Å². The molecule has 1 aliphatic rings. The Hall–Kier alpha value is -3.31. The molecule has 5 heteroatoms. The summed E-state index contributed by atoms with van der Waals surface area (Å²) in [5.74, 6) is 1.69. The van der Waals surface area contributed by atoms with Gasteiger partial charge in [-0.15, -0.1) is 0 Å². The van der Waals surface area contributed by atoms with Gasteiger partial charge >= 0.3 is 0 Å². The molecule has 4 rings (SSSR count). The van der Waals surface area contributed by atoms with Crippen LogP contribution in [0.4, 0.5) is 0 Å². The Morgan fingerprint density at radius 3 is 2.06 bits per heavy atom. The topological polar surface area (TPSA) is 42.0 Å². The molecule has 5 nitrogen and oxygen atoms in total. The van der Waals surface area contributed by atoms with Gasteiger partial charge in [0, 0.05) is 38.3 Å². The average Bonchev–Trinajstić information content (AvgIpc) is 2.84. The molecule has 3 aromatic carbocycles. The quantitative estimate of drug-likeness (QED) is 0.578. The van der Waals surface area contributed by atoms with E-state index in [1.165, 1.54) is 5.56 Å². The van der Waals surface area contributed by atoms with E-state index in [9.17, 15) is 4.79 Å². The molecular formula is C26H28N2O3. The molecule has 0 aromatic heterocycles. The summed E-state index contributed by atoms with van der Waals surface area (Å²) in [5.41, 5.74) is 3.07. The molecule has 0 N–H and O–H groups in total. The molecule has 31 heavy (non-hydrogen) atoms. The van der Waals surface area contributed by atoms with E-state index < -0.39 is 0 Å². The first kappa shape index (κ1) is 20.9. The lowest BCUT2D eigenvalue weighted by molar-refractivity contribution is 0.0628. The minimum absolute atomic E-state index is 0.0991. The number of hydrogen-bond acceptors (Lipinski definition) is 4. The smallest absolute Gasteiger partial charge is 0.253 e. The summed E-state index contributed by atoms with van der Waals surface area (Å²) in [5, 5.41) is 0. The van der Waals surface area contributed by atoms with Gasteiger partial charge < -0.3 is 14.4 Å². The predicted molar refractivity (Wildman–Crippen MR) is 121 cm³/mol. The number of rotatable bonds is 7. The Balaban J connectivity index is 1.26. The van der Waals surface area contributed by atoms with Crippen LogP contribution in [-0.2, 0) is 13.2 Å². The number of carbonyl (C=O) groups is 1. The fourth-order valence-electron chi connectivity index (χ4n) is 3.72. The lowest BCUT2D eigenvalue weighted by Crippen LogP contribution is -2.48. The van der Waals surface area contributed by atoms with Crippen molar-refractivity contribution in [3.63, 3.8) is 0 Å². The van der Waals surface area contributed by atoms with Crippen molar-refractivity contribution in [2.45, 2.75) is 13.2 Å². The Kier molecular flexibility index (Phi) is 6.85. The highest BCUT2D eigenvalue weighted by Gasteiger charge is 2.22. The van der Waals surface area contributed by atoms with Gasteiger partial charge in [0.05, 0.1) is 7.11 Å². The lowest BCUT2D eigenvalue weighted by atomic mass is 10.1. The molecule has 0 atom stereocenters. The Morgan fingerprint density at radius 2 is 1.42 bits per heavy atom. The third kappa shape index (κ3) is 5.64. The molecule has 0 radical (unpaired) electrons. The van der Waals surface area contributed by atoms with Crippen molar-refractivity contribution in [1.82, 2.24) is 9.80 Å². The molecular weight excluding hydrogens is 388 g/mol. The molecule has 1 heterocycles. The Morgan fingerprint density at radius 1 is 0.774 bits per heavy atom. The van der Waals surface area contributed by atoms with E-state index >= 15 is 0 Å². The molecule has 1 amide bonds. The summed E-state index contributed by atoms with van der Waals surface area (Å²) in [7, 11) is 1.64. The lowest BCUT2D eigenvalue weighted by Gasteiger charge is -2.34. The van der Waals surface area contributed by atoms with Crippen LogP contribution >= 0.6 is 0 Å². The summed E-state index contributed by atoms with van der Waals surface area (Å²) >= 11 is 0. The van der Waals surface area contributed by atoms with E-state index in [-0.39, 0.29) is 5.91 Å². The highest BCUT2D eigenvalue weighted by Crippen LogP contribution is 2.19. The van der Waals surface area contributed by atoms with E-state index in [1.54, 1.807) is 7.11 Å². The van der Waals surface area contributed by atoms with Crippen LogP contribution < -0.4 is 9.47 Å². The van der Waals surface area contributed by atoms with E-state index in [4.69, 9.17) is 9.47 Å². The highest BCUT2D eigenvalue weighted by atomic mass is 16.5. The van der Waals surface area contributed by atoms with E-state index in [0.29, 0.717) is 6.61 Å². The maximum Gasteiger partial charge on any atom is 0.253 e. The standard InChI is InChI=1S/C26H28N2O3/c1-30-24-11-13-25(14-12-24)31-20-22-7-9-23(10-8-22)26(29)28-17-15-27(16-18-28)19-21-5-3-2-4-6-21/h2-14H,15-20H2,1H3. The van der Waals surface area contributed by atoms with Gasteiger partial charge in [-0.3, -0.25) is 9.69 Å². The van der Waals surface area contributed by atoms with Crippen molar-refractivity contribution in [2.75, 3.05) is 33.3 Å². The largest absolute Gasteiger partial charge is 0.497 e. The second kappa shape index (κ2) is 10.1. The summed E-state index contributed by atoms with van der Waals surface area (Å²) in [6.45, 7) is 4.70. The number of hydrogen-bond donors (Lipinski definition) is 0. The van der Waals surface area contributed by atoms with Gasteiger partial charge in [-0.05, 0) is 47.5 Å². The average molecular weight is 417 g/mol.